The zero-order chi connectivity index (χ0) is 20.7. The van der Waals surface area contributed by atoms with Gasteiger partial charge in [-0.2, -0.15) is 0 Å². The molecule has 0 radical (unpaired) electrons. The maximum Gasteiger partial charge on any atom is 0.281 e. The van der Waals surface area contributed by atoms with Gasteiger partial charge in [0.05, 0.1) is 32.1 Å². The van der Waals surface area contributed by atoms with E-state index < -0.39 is 6.43 Å². The van der Waals surface area contributed by atoms with Crippen LogP contribution in [0.1, 0.15) is 30.5 Å². The molecule has 0 amide bonds. The van der Waals surface area contributed by atoms with Crippen LogP contribution in [-0.4, -0.2) is 83.5 Å². The molecule has 3 N–H and O–H groups in total. The summed E-state index contributed by atoms with van der Waals surface area (Å²) < 4.78 is 38.6. The average Bonchev–Trinajstić information content (AvgIpc) is 3.02. The van der Waals surface area contributed by atoms with E-state index in [0.29, 0.717) is 45.2 Å². The van der Waals surface area contributed by atoms with E-state index in [-0.39, 0.29) is 35.6 Å². The number of hydrogen-bond donors (Lipinski definition) is 2. The van der Waals surface area contributed by atoms with Crippen LogP contribution >= 0.6 is 0 Å². The van der Waals surface area contributed by atoms with Crippen molar-refractivity contribution in [1.29, 1.82) is 0 Å². The number of nitrogen functional groups attached to an aromatic ring is 1. The number of morpholine rings is 2. The summed E-state index contributed by atoms with van der Waals surface area (Å²) in [6.07, 6.45) is 2.10. The molecule has 3 fully saturated rings. The fourth-order valence-electron chi connectivity index (χ4n) is 4.61. The first-order valence-corrected chi connectivity index (χ1v) is 10.2. The Labute approximate surface area is 172 Å². The summed E-state index contributed by atoms with van der Waals surface area (Å²) in [5.74, 6) is 0.579. The first-order valence-electron chi connectivity index (χ1n) is 10.2. The van der Waals surface area contributed by atoms with Gasteiger partial charge in [0.1, 0.15) is 11.5 Å². The Bertz CT molecular complexity index is 843. The third-order valence-electron chi connectivity index (χ3n) is 6.06. The molecule has 0 aliphatic carbocycles. The van der Waals surface area contributed by atoms with Crippen LogP contribution in [-0.2, 0) is 9.47 Å². The fraction of sp³-hybridized carbons (Fsp3) is 0.632. The van der Waals surface area contributed by atoms with E-state index in [1.165, 1.54) is 6.20 Å². The first-order chi connectivity index (χ1) is 14.6. The van der Waals surface area contributed by atoms with Crippen molar-refractivity contribution in [2.45, 2.75) is 37.6 Å². The van der Waals surface area contributed by atoms with E-state index >= 15 is 0 Å². The van der Waals surface area contributed by atoms with E-state index in [1.54, 1.807) is 6.08 Å². The van der Waals surface area contributed by atoms with Crippen LogP contribution in [0.4, 0.5) is 14.7 Å². The van der Waals surface area contributed by atoms with Crippen molar-refractivity contribution in [3.05, 3.63) is 23.5 Å². The highest BCUT2D eigenvalue weighted by molar-refractivity contribution is 6.00. The first kappa shape index (κ1) is 19.6. The van der Waals surface area contributed by atoms with Crippen LogP contribution in [0.5, 0.6) is 0 Å². The molecule has 9 nitrogen and oxygen atoms in total. The van der Waals surface area contributed by atoms with Gasteiger partial charge in [0.2, 0.25) is 5.95 Å². The molecule has 4 aliphatic rings. The van der Waals surface area contributed by atoms with E-state index in [9.17, 15) is 8.78 Å². The van der Waals surface area contributed by atoms with Crippen LogP contribution in [0, 0.1) is 0 Å². The third-order valence-corrected chi connectivity index (χ3v) is 6.06. The van der Waals surface area contributed by atoms with Gasteiger partial charge in [-0.25, -0.2) is 23.7 Å². The molecule has 3 atom stereocenters. The number of nitrogens with two attached hydrogens (primary N) is 1. The lowest BCUT2D eigenvalue weighted by molar-refractivity contribution is -0.0387. The number of rotatable bonds is 3. The minimum atomic E-state index is -2.77. The number of nitrogens with zero attached hydrogens (tertiary/aromatic N) is 5. The van der Waals surface area contributed by atoms with Gasteiger partial charge in [0.25, 0.3) is 6.43 Å². The number of aromatic nitrogens is 2. The van der Waals surface area contributed by atoms with E-state index in [4.69, 9.17) is 20.2 Å². The summed E-state index contributed by atoms with van der Waals surface area (Å²) in [4.78, 5) is 17.2. The summed E-state index contributed by atoms with van der Waals surface area (Å²) in [5, 5.41) is 3.36. The lowest BCUT2D eigenvalue weighted by atomic mass is 10.1. The summed E-state index contributed by atoms with van der Waals surface area (Å²) in [5.41, 5.74) is 5.95. The highest BCUT2D eigenvalue weighted by Gasteiger charge is 2.43. The number of fused-ring (bicyclic) bond motifs is 2. The normalized spacial score (nSPS) is 29.6. The highest BCUT2D eigenvalue weighted by Crippen LogP contribution is 2.33. The molecule has 3 unspecified atom stereocenters. The Morgan fingerprint density at radius 3 is 2.57 bits per heavy atom. The maximum absolute atomic E-state index is 13.7. The molecule has 162 valence electrons. The SMILES string of the molecule is Nc1ncc(C2=CC(N3CCOCC3)=NC(N3C4CCC3COC4)N2)c(C(F)F)n1. The molecule has 1 aromatic heterocycles. The number of nitrogens with one attached hydrogen (secondary N) is 1. The van der Waals surface area contributed by atoms with E-state index in [2.05, 4.69) is 25.1 Å². The molecular formula is C19H25F2N7O2. The predicted molar refractivity (Wildman–Crippen MR) is 106 cm³/mol. The van der Waals surface area contributed by atoms with Gasteiger partial charge in [-0.05, 0) is 12.8 Å². The van der Waals surface area contributed by atoms with E-state index in [0.717, 1.165) is 18.7 Å². The Morgan fingerprint density at radius 2 is 1.87 bits per heavy atom. The topological polar surface area (TPSA) is 101 Å². The largest absolute Gasteiger partial charge is 0.378 e. The van der Waals surface area contributed by atoms with Crippen LogP contribution in [0.25, 0.3) is 5.70 Å². The quantitative estimate of drug-likeness (QED) is 0.740. The Morgan fingerprint density at radius 1 is 1.13 bits per heavy atom. The number of alkyl halides is 2. The molecule has 1 aromatic rings. The molecular weight excluding hydrogens is 396 g/mol. The highest BCUT2D eigenvalue weighted by atomic mass is 19.3. The van der Waals surface area contributed by atoms with Crippen LogP contribution in [0.15, 0.2) is 17.3 Å². The van der Waals surface area contributed by atoms with Crippen molar-refractivity contribution in [3.8, 4) is 0 Å². The van der Waals surface area contributed by atoms with Gasteiger partial charge in [-0.15, -0.1) is 0 Å². The second-order valence-corrected chi connectivity index (χ2v) is 7.86. The lowest BCUT2D eigenvalue weighted by Crippen LogP contribution is -2.57. The second-order valence-electron chi connectivity index (χ2n) is 7.86. The average molecular weight is 421 g/mol. The summed E-state index contributed by atoms with van der Waals surface area (Å²) in [7, 11) is 0. The van der Waals surface area contributed by atoms with Gasteiger partial charge < -0.3 is 25.4 Å². The maximum atomic E-state index is 13.7. The van der Waals surface area contributed by atoms with Gasteiger partial charge in [-0.3, -0.25) is 4.90 Å². The Kier molecular flexibility index (Phi) is 5.25. The number of hydrogen-bond acceptors (Lipinski definition) is 9. The van der Waals surface area contributed by atoms with Crippen molar-refractivity contribution in [3.63, 3.8) is 0 Å². The number of aliphatic imine (C=N–C) groups is 1. The number of ether oxygens (including phenoxy) is 2. The molecule has 5 rings (SSSR count). The van der Waals surface area contributed by atoms with Gasteiger partial charge >= 0.3 is 0 Å². The van der Waals surface area contributed by atoms with Gasteiger partial charge in [0.15, 0.2) is 6.29 Å². The fourth-order valence-corrected chi connectivity index (χ4v) is 4.61. The van der Waals surface area contributed by atoms with Gasteiger partial charge in [0, 0.05) is 43.0 Å². The van der Waals surface area contributed by atoms with Gasteiger partial charge in [-0.1, -0.05) is 0 Å². The Balaban J connectivity index is 1.52. The molecule has 4 aliphatic heterocycles. The number of halogens is 2. The van der Waals surface area contributed by atoms with E-state index in [1.807, 2.05) is 0 Å². The smallest absolute Gasteiger partial charge is 0.281 e. The van der Waals surface area contributed by atoms with Crippen molar-refractivity contribution >= 4 is 17.5 Å². The summed E-state index contributed by atoms with van der Waals surface area (Å²) in [6.45, 7) is 3.93. The standard InChI is InChI=1S/C19H25F2N7O2/c20-17(21)16-13(8-23-18(22)26-16)14-7-15(27-3-5-29-6-4-27)25-19(24-14)28-11-1-2-12(28)10-30-9-11/h7-8,11-12,17,19,24H,1-6,9-10H2,(H2,22,23,26). The molecule has 30 heavy (non-hydrogen) atoms. The molecule has 3 saturated heterocycles. The van der Waals surface area contributed by atoms with Crippen LogP contribution < -0.4 is 11.1 Å². The molecule has 5 heterocycles. The lowest BCUT2D eigenvalue weighted by Gasteiger charge is -2.42. The zero-order valence-corrected chi connectivity index (χ0v) is 16.5. The monoisotopic (exact) mass is 421 g/mol. The molecule has 11 heteroatoms. The van der Waals surface area contributed by atoms with Crippen LogP contribution in [0.3, 0.4) is 0 Å². The third kappa shape index (κ3) is 3.61. The summed E-state index contributed by atoms with van der Waals surface area (Å²) >= 11 is 0. The number of amidine groups is 1. The minimum absolute atomic E-state index is 0.171. The molecule has 0 saturated carbocycles. The minimum Gasteiger partial charge on any atom is -0.378 e. The van der Waals surface area contributed by atoms with Crippen molar-refractivity contribution in [1.82, 2.24) is 25.1 Å². The summed E-state index contributed by atoms with van der Waals surface area (Å²) in [6, 6.07) is 0.514. The molecule has 0 spiro atoms. The molecule has 0 aromatic carbocycles. The van der Waals surface area contributed by atoms with Crippen molar-refractivity contribution in [2.24, 2.45) is 4.99 Å². The zero-order valence-electron chi connectivity index (χ0n) is 16.5. The Hall–Kier alpha value is -2.37. The molecule has 2 bridgehead atoms. The predicted octanol–water partition coefficient (Wildman–Crippen LogP) is 0.818. The second kappa shape index (κ2) is 8.05. The number of anilines is 1. The van der Waals surface area contributed by atoms with Crippen molar-refractivity contribution < 1.29 is 18.3 Å². The van der Waals surface area contributed by atoms with Crippen molar-refractivity contribution in [2.75, 3.05) is 45.3 Å². The van der Waals surface area contributed by atoms with Crippen LogP contribution in [0.2, 0.25) is 0 Å².